The normalized spacial score (nSPS) is 16.3. The summed E-state index contributed by atoms with van der Waals surface area (Å²) in [4.78, 5) is 12.0. The standard InChI is InChI=1S/C13H18N2O2.ClH/c1-8-3-4-12(16)11(5-8)15-13(17)9(2)10-6-14-7-10;/h3-5,9-10,14,16H,6-7H2,1-2H3,(H,15,17);1H. The van der Waals surface area contributed by atoms with E-state index in [1.165, 1.54) is 0 Å². The molecule has 0 saturated carbocycles. The predicted molar refractivity (Wildman–Crippen MR) is 74.2 cm³/mol. The third kappa shape index (κ3) is 3.15. The van der Waals surface area contributed by atoms with Crippen molar-refractivity contribution < 1.29 is 9.90 Å². The number of amides is 1. The lowest BCUT2D eigenvalue weighted by atomic mass is 9.88. The summed E-state index contributed by atoms with van der Waals surface area (Å²) in [6, 6.07) is 5.18. The van der Waals surface area contributed by atoms with Gasteiger partial charge in [-0.15, -0.1) is 12.4 Å². The molecule has 1 aromatic carbocycles. The summed E-state index contributed by atoms with van der Waals surface area (Å²) in [6.45, 7) is 5.64. The van der Waals surface area contributed by atoms with E-state index in [9.17, 15) is 9.90 Å². The third-order valence-corrected chi connectivity index (χ3v) is 3.34. The number of hydrogen-bond acceptors (Lipinski definition) is 3. The van der Waals surface area contributed by atoms with E-state index in [0.717, 1.165) is 18.7 Å². The number of rotatable bonds is 3. The zero-order valence-corrected chi connectivity index (χ0v) is 11.4. The van der Waals surface area contributed by atoms with Crippen LogP contribution in [0.3, 0.4) is 0 Å². The molecule has 0 radical (unpaired) electrons. The SMILES string of the molecule is Cc1ccc(O)c(NC(=O)C(C)C2CNC2)c1.Cl. The van der Waals surface area contributed by atoms with E-state index in [1.807, 2.05) is 19.9 Å². The number of nitrogens with one attached hydrogen (secondary N) is 2. The van der Waals surface area contributed by atoms with E-state index in [4.69, 9.17) is 0 Å². The number of anilines is 1. The molecule has 1 atom stereocenters. The van der Waals surface area contributed by atoms with E-state index < -0.39 is 0 Å². The Bertz CT molecular complexity index is 433. The van der Waals surface area contributed by atoms with Crippen molar-refractivity contribution in [1.82, 2.24) is 5.32 Å². The van der Waals surface area contributed by atoms with Crippen LogP contribution in [0.25, 0.3) is 0 Å². The lowest BCUT2D eigenvalue weighted by Crippen LogP contribution is -2.48. The van der Waals surface area contributed by atoms with E-state index in [1.54, 1.807) is 12.1 Å². The van der Waals surface area contributed by atoms with Crippen LogP contribution < -0.4 is 10.6 Å². The lowest BCUT2D eigenvalue weighted by molar-refractivity contribution is -0.121. The number of phenols is 1. The average molecular weight is 271 g/mol. The maximum absolute atomic E-state index is 12.0. The molecule has 1 aliphatic heterocycles. The van der Waals surface area contributed by atoms with Gasteiger partial charge in [-0.3, -0.25) is 4.79 Å². The van der Waals surface area contributed by atoms with Crippen LogP contribution in [0.4, 0.5) is 5.69 Å². The van der Waals surface area contributed by atoms with Gasteiger partial charge in [0.2, 0.25) is 5.91 Å². The fourth-order valence-corrected chi connectivity index (χ4v) is 1.88. The minimum atomic E-state index is -0.0313. The number of halogens is 1. The smallest absolute Gasteiger partial charge is 0.227 e. The van der Waals surface area contributed by atoms with Gasteiger partial charge < -0.3 is 15.7 Å². The van der Waals surface area contributed by atoms with Gasteiger partial charge in [0.15, 0.2) is 0 Å². The monoisotopic (exact) mass is 270 g/mol. The molecule has 1 heterocycles. The number of hydrogen-bond donors (Lipinski definition) is 3. The van der Waals surface area contributed by atoms with Crippen LogP contribution in [0.2, 0.25) is 0 Å². The molecule has 1 amide bonds. The van der Waals surface area contributed by atoms with Crippen LogP contribution in [-0.4, -0.2) is 24.1 Å². The van der Waals surface area contributed by atoms with Gasteiger partial charge in [0.05, 0.1) is 5.69 Å². The summed E-state index contributed by atoms with van der Waals surface area (Å²) in [5, 5.41) is 15.6. The van der Waals surface area contributed by atoms with Gasteiger partial charge in [-0.2, -0.15) is 0 Å². The highest BCUT2D eigenvalue weighted by atomic mass is 35.5. The Labute approximate surface area is 113 Å². The number of carbonyl (C=O) groups is 1. The quantitative estimate of drug-likeness (QED) is 0.736. The highest BCUT2D eigenvalue weighted by Crippen LogP contribution is 2.25. The molecule has 4 nitrogen and oxygen atoms in total. The van der Waals surface area contributed by atoms with Crippen LogP contribution in [0.1, 0.15) is 12.5 Å². The maximum Gasteiger partial charge on any atom is 0.227 e. The first-order valence-corrected chi connectivity index (χ1v) is 5.89. The van der Waals surface area contributed by atoms with Crippen LogP contribution in [0.5, 0.6) is 5.75 Å². The second-order valence-electron chi connectivity index (χ2n) is 4.72. The average Bonchev–Trinajstić information content (AvgIpc) is 2.21. The minimum Gasteiger partial charge on any atom is -0.506 e. The topological polar surface area (TPSA) is 61.4 Å². The van der Waals surface area contributed by atoms with E-state index in [0.29, 0.717) is 11.6 Å². The first kappa shape index (κ1) is 14.8. The van der Waals surface area contributed by atoms with E-state index in [2.05, 4.69) is 10.6 Å². The summed E-state index contributed by atoms with van der Waals surface area (Å²) in [5.74, 6) is 0.457. The molecule has 5 heteroatoms. The number of phenolic OH excluding ortho intramolecular Hbond substituents is 1. The van der Waals surface area contributed by atoms with Gasteiger partial charge in [0.1, 0.15) is 5.75 Å². The Morgan fingerprint density at radius 3 is 2.72 bits per heavy atom. The van der Waals surface area contributed by atoms with Crippen molar-refractivity contribution >= 4 is 24.0 Å². The molecule has 2 rings (SSSR count). The van der Waals surface area contributed by atoms with Crippen LogP contribution >= 0.6 is 12.4 Å². The maximum atomic E-state index is 12.0. The first-order chi connectivity index (χ1) is 8.08. The van der Waals surface area contributed by atoms with Crippen molar-refractivity contribution in [2.45, 2.75) is 13.8 Å². The zero-order valence-electron chi connectivity index (χ0n) is 10.6. The molecule has 0 spiro atoms. The second kappa shape index (κ2) is 6.07. The molecular formula is C13H19ClN2O2. The van der Waals surface area contributed by atoms with Gasteiger partial charge in [-0.25, -0.2) is 0 Å². The Kier molecular flexibility index (Phi) is 4.99. The third-order valence-electron chi connectivity index (χ3n) is 3.34. The first-order valence-electron chi connectivity index (χ1n) is 5.89. The summed E-state index contributed by atoms with van der Waals surface area (Å²) >= 11 is 0. The number of aromatic hydroxyl groups is 1. The lowest BCUT2D eigenvalue weighted by Gasteiger charge is -2.31. The summed E-state index contributed by atoms with van der Waals surface area (Å²) in [7, 11) is 0. The van der Waals surface area contributed by atoms with Gasteiger partial charge in [-0.1, -0.05) is 13.0 Å². The molecule has 3 N–H and O–H groups in total. The molecule has 100 valence electrons. The Morgan fingerprint density at radius 2 is 2.17 bits per heavy atom. The Morgan fingerprint density at radius 1 is 1.50 bits per heavy atom. The van der Waals surface area contributed by atoms with Crippen LogP contribution in [0, 0.1) is 18.8 Å². The molecule has 1 fully saturated rings. The van der Waals surface area contributed by atoms with Crippen molar-refractivity contribution in [3.8, 4) is 5.75 Å². The minimum absolute atomic E-state index is 0. The summed E-state index contributed by atoms with van der Waals surface area (Å²) in [6.07, 6.45) is 0. The second-order valence-corrected chi connectivity index (χ2v) is 4.72. The molecule has 1 aromatic rings. The predicted octanol–water partition coefficient (Wildman–Crippen LogP) is 1.92. The summed E-state index contributed by atoms with van der Waals surface area (Å²) in [5.41, 5.74) is 1.50. The number of aryl methyl sites for hydroxylation is 1. The molecule has 18 heavy (non-hydrogen) atoms. The molecular weight excluding hydrogens is 252 g/mol. The Balaban J connectivity index is 0.00000162. The molecule has 0 aromatic heterocycles. The number of benzene rings is 1. The van der Waals surface area contributed by atoms with Gasteiger partial charge >= 0.3 is 0 Å². The van der Waals surface area contributed by atoms with Crippen LogP contribution in [0.15, 0.2) is 18.2 Å². The molecule has 1 saturated heterocycles. The highest BCUT2D eigenvalue weighted by Gasteiger charge is 2.28. The fraction of sp³-hybridized carbons (Fsp3) is 0.462. The Hall–Kier alpha value is -1.26. The zero-order chi connectivity index (χ0) is 12.4. The number of carbonyl (C=O) groups excluding carboxylic acids is 1. The van der Waals surface area contributed by atoms with E-state index in [-0.39, 0.29) is 30.0 Å². The highest BCUT2D eigenvalue weighted by molar-refractivity contribution is 5.94. The molecule has 1 unspecified atom stereocenters. The van der Waals surface area contributed by atoms with Crippen molar-refractivity contribution in [2.75, 3.05) is 18.4 Å². The van der Waals surface area contributed by atoms with Gasteiger partial charge in [0, 0.05) is 5.92 Å². The van der Waals surface area contributed by atoms with Crippen molar-refractivity contribution in [3.05, 3.63) is 23.8 Å². The van der Waals surface area contributed by atoms with Gasteiger partial charge in [-0.05, 0) is 43.6 Å². The van der Waals surface area contributed by atoms with Crippen molar-refractivity contribution in [1.29, 1.82) is 0 Å². The van der Waals surface area contributed by atoms with E-state index >= 15 is 0 Å². The summed E-state index contributed by atoms with van der Waals surface area (Å²) < 4.78 is 0. The molecule has 0 bridgehead atoms. The van der Waals surface area contributed by atoms with Crippen molar-refractivity contribution in [3.63, 3.8) is 0 Å². The molecule has 1 aliphatic rings. The molecule has 0 aliphatic carbocycles. The van der Waals surface area contributed by atoms with Crippen molar-refractivity contribution in [2.24, 2.45) is 11.8 Å². The fourth-order valence-electron chi connectivity index (χ4n) is 1.88. The van der Waals surface area contributed by atoms with Crippen LogP contribution in [-0.2, 0) is 4.79 Å². The largest absolute Gasteiger partial charge is 0.506 e. The van der Waals surface area contributed by atoms with Gasteiger partial charge in [0.25, 0.3) is 0 Å².